The van der Waals surface area contributed by atoms with Crippen molar-refractivity contribution in [1.29, 1.82) is 0 Å². The molecule has 0 saturated carbocycles. The third-order valence-corrected chi connectivity index (χ3v) is 4.84. The highest BCUT2D eigenvalue weighted by Gasteiger charge is 2.15. The van der Waals surface area contributed by atoms with Crippen molar-refractivity contribution in [1.82, 2.24) is 15.3 Å². The van der Waals surface area contributed by atoms with Crippen LogP contribution in [0.4, 0.5) is 4.79 Å². The van der Waals surface area contributed by atoms with E-state index in [4.69, 9.17) is 9.84 Å². The van der Waals surface area contributed by atoms with Crippen LogP contribution in [-0.4, -0.2) is 45.0 Å². The minimum Gasteiger partial charge on any atom is -0.481 e. The second kappa shape index (κ2) is 10.2. The Morgan fingerprint density at radius 2 is 1.90 bits per heavy atom. The number of carbonyl (C=O) groups is 2. The molecule has 1 amide bonds. The summed E-state index contributed by atoms with van der Waals surface area (Å²) in [5.74, 6) is -0.0188. The van der Waals surface area contributed by atoms with Crippen LogP contribution in [0.25, 0.3) is 21.8 Å². The highest BCUT2D eigenvalue weighted by molar-refractivity contribution is 7.99. The summed E-state index contributed by atoms with van der Waals surface area (Å²) in [6.45, 7) is 7.62. The summed E-state index contributed by atoms with van der Waals surface area (Å²) in [5.41, 5.74) is 0.790. The number of aliphatic carboxylic acids is 1. The van der Waals surface area contributed by atoms with E-state index < -0.39 is 17.7 Å². The van der Waals surface area contributed by atoms with Crippen LogP contribution >= 0.6 is 11.8 Å². The number of hydrogen-bond acceptors (Lipinski definition) is 5. The number of fused-ring (bicyclic) bond motifs is 3. The highest BCUT2D eigenvalue weighted by Crippen LogP contribution is 2.26. The molecule has 3 aromatic rings. The van der Waals surface area contributed by atoms with Gasteiger partial charge in [0.2, 0.25) is 0 Å². The molecule has 0 fully saturated rings. The first-order chi connectivity index (χ1) is 14.1. The molecule has 0 aliphatic rings. The van der Waals surface area contributed by atoms with E-state index in [0.29, 0.717) is 12.1 Å². The quantitative estimate of drug-likeness (QED) is 0.355. The molecule has 162 valence electrons. The molecule has 0 aliphatic heterocycles. The number of H-pyrrole nitrogens is 2. The van der Waals surface area contributed by atoms with E-state index in [-0.39, 0.29) is 12.0 Å². The molecule has 0 spiro atoms. The number of ether oxygens (including phenoxy) is 1. The van der Waals surface area contributed by atoms with Gasteiger partial charge < -0.3 is 25.1 Å². The maximum absolute atomic E-state index is 12.0. The van der Waals surface area contributed by atoms with E-state index in [9.17, 15) is 14.4 Å². The van der Waals surface area contributed by atoms with Gasteiger partial charge in [0.05, 0.1) is 0 Å². The molecule has 2 heterocycles. The first-order valence-corrected chi connectivity index (χ1v) is 10.5. The zero-order valence-electron chi connectivity index (χ0n) is 17.5. The topological polar surface area (TPSA) is 124 Å². The van der Waals surface area contributed by atoms with Crippen LogP contribution in [0.5, 0.6) is 0 Å². The van der Waals surface area contributed by atoms with Gasteiger partial charge in [-0.05, 0) is 45.0 Å². The molecule has 0 aliphatic carbocycles. The van der Waals surface area contributed by atoms with Gasteiger partial charge in [-0.3, -0.25) is 9.59 Å². The average molecular weight is 434 g/mol. The van der Waals surface area contributed by atoms with Crippen LogP contribution in [0.2, 0.25) is 0 Å². The third-order valence-electron chi connectivity index (χ3n) is 3.84. The fourth-order valence-electron chi connectivity index (χ4n) is 2.55. The Balaban J connectivity index is 0.000000575. The first-order valence-electron chi connectivity index (χ1n) is 9.55. The lowest BCUT2D eigenvalue weighted by molar-refractivity contribution is -0.136. The van der Waals surface area contributed by atoms with Crippen molar-refractivity contribution in [3.8, 4) is 0 Å². The number of alkyl carbamates (subject to hydrolysis) is 1. The van der Waals surface area contributed by atoms with E-state index in [1.165, 1.54) is 0 Å². The van der Waals surface area contributed by atoms with Crippen molar-refractivity contribution in [3.63, 3.8) is 0 Å². The molecule has 1 aromatic carbocycles. The van der Waals surface area contributed by atoms with Gasteiger partial charge in [0.15, 0.2) is 0 Å². The van der Waals surface area contributed by atoms with Gasteiger partial charge in [0.25, 0.3) is 5.56 Å². The first kappa shape index (κ1) is 23.3. The average Bonchev–Trinajstić information content (AvgIpc) is 3.15. The van der Waals surface area contributed by atoms with E-state index in [0.717, 1.165) is 26.9 Å². The second-order valence-corrected chi connectivity index (χ2v) is 8.62. The molecule has 3 rings (SSSR count). The Kier molecular flexibility index (Phi) is 7.93. The normalized spacial score (nSPS) is 11.1. The van der Waals surface area contributed by atoms with Crippen molar-refractivity contribution < 1.29 is 19.4 Å². The Hall–Kier alpha value is -2.94. The highest BCUT2D eigenvalue weighted by atomic mass is 32.2. The molecular formula is C21H27N3O5S. The lowest BCUT2D eigenvalue weighted by Gasteiger charge is -2.19. The summed E-state index contributed by atoms with van der Waals surface area (Å²) >= 11 is 1.64. The number of carboxylic acid groups (broad SMARTS) is 1. The molecule has 0 unspecified atom stereocenters. The predicted octanol–water partition coefficient (Wildman–Crippen LogP) is 4.11. The Morgan fingerprint density at radius 1 is 1.20 bits per heavy atom. The van der Waals surface area contributed by atoms with E-state index in [2.05, 4.69) is 21.4 Å². The fraction of sp³-hybridized carbons (Fsp3) is 0.381. The maximum atomic E-state index is 12.0. The van der Waals surface area contributed by atoms with Crippen LogP contribution in [0, 0.1) is 0 Å². The number of pyridine rings is 1. The van der Waals surface area contributed by atoms with Crippen LogP contribution in [0.15, 0.2) is 40.2 Å². The number of hydrogen-bond donors (Lipinski definition) is 4. The molecule has 0 radical (unpaired) electrons. The van der Waals surface area contributed by atoms with Gasteiger partial charge in [0, 0.05) is 46.1 Å². The van der Waals surface area contributed by atoms with Crippen molar-refractivity contribution in [2.24, 2.45) is 0 Å². The molecule has 0 atom stereocenters. The van der Waals surface area contributed by atoms with Crippen LogP contribution in [0.1, 0.15) is 34.1 Å². The molecule has 8 nitrogen and oxygen atoms in total. The predicted molar refractivity (Wildman–Crippen MR) is 119 cm³/mol. The zero-order valence-corrected chi connectivity index (χ0v) is 18.3. The maximum Gasteiger partial charge on any atom is 0.407 e. The third kappa shape index (κ3) is 6.84. The fourth-order valence-corrected chi connectivity index (χ4v) is 3.35. The van der Waals surface area contributed by atoms with Crippen LogP contribution in [-0.2, 0) is 9.53 Å². The van der Waals surface area contributed by atoms with E-state index in [1.54, 1.807) is 24.9 Å². The number of amides is 1. The van der Waals surface area contributed by atoms with Crippen molar-refractivity contribution in [2.45, 2.75) is 44.6 Å². The zero-order chi connectivity index (χ0) is 22.3. The van der Waals surface area contributed by atoms with Crippen molar-refractivity contribution in [2.75, 3.05) is 12.3 Å². The summed E-state index contributed by atoms with van der Waals surface area (Å²) in [6, 6.07) is 7.84. The SMILES string of the molecule is CC(C)(C)OC(=O)NCCSc1ccc2[nH]c(=O)c3[nH]ccc3c2c1.CCC(=O)O. The molecule has 9 heteroatoms. The van der Waals surface area contributed by atoms with Crippen molar-refractivity contribution in [3.05, 3.63) is 40.8 Å². The molecule has 0 saturated heterocycles. The number of benzene rings is 1. The largest absolute Gasteiger partial charge is 0.481 e. The minimum atomic E-state index is -0.745. The van der Waals surface area contributed by atoms with Crippen LogP contribution in [0.3, 0.4) is 0 Å². The number of aromatic amines is 2. The second-order valence-electron chi connectivity index (χ2n) is 7.45. The Morgan fingerprint density at radius 3 is 2.53 bits per heavy atom. The van der Waals surface area contributed by atoms with Gasteiger partial charge in [0.1, 0.15) is 11.1 Å². The lowest BCUT2D eigenvalue weighted by Crippen LogP contribution is -2.33. The molecule has 0 bridgehead atoms. The number of rotatable bonds is 5. The summed E-state index contributed by atoms with van der Waals surface area (Å²) in [5, 5.41) is 12.4. The number of aromatic nitrogens is 2. The standard InChI is InChI=1S/C18H21N3O3S.C3H6O2/c1-18(2,3)24-17(23)20-8-9-25-11-4-5-14-13(10-11)12-6-7-19-15(12)16(22)21-14;1-2-3(4)5/h4-7,10,19H,8-9H2,1-3H3,(H,20,23)(H,21,22);2H2,1H3,(H,4,5). The minimum absolute atomic E-state index is 0.116. The summed E-state index contributed by atoms with van der Waals surface area (Å²) in [6.07, 6.45) is 1.59. The van der Waals surface area contributed by atoms with E-state index >= 15 is 0 Å². The molecular weight excluding hydrogens is 406 g/mol. The molecule has 4 N–H and O–H groups in total. The van der Waals surface area contributed by atoms with Crippen molar-refractivity contribution >= 4 is 45.6 Å². The Labute approximate surface area is 178 Å². The number of nitrogens with one attached hydrogen (secondary N) is 3. The lowest BCUT2D eigenvalue weighted by atomic mass is 10.1. The molecule has 30 heavy (non-hydrogen) atoms. The number of thioether (sulfide) groups is 1. The summed E-state index contributed by atoms with van der Waals surface area (Å²) < 4.78 is 5.20. The summed E-state index contributed by atoms with van der Waals surface area (Å²) in [4.78, 5) is 39.9. The van der Waals surface area contributed by atoms with Gasteiger partial charge in [-0.2, -0.15) is 0 Å². The Bertz CT molecular complexity index is 1080. The van der Waals surface area contributed by atoms with Gasteiger partial charge in [-0.25, -0.2) is 4.79 Å². The molecule has 2 aromatic heterocycles. The number of carboxylic acids is 1. The monoisotopic (exact) mass is 433 g/mol. The van der Waals surface area contributed by atoms with Crippen LogP contribution < -0.4 is 10.9 Å². The van der Waals surface area contributed by atoms with Gasteiger partial charge in [-0.1, -0.05) is 6.92 Å². The van der Waals surface area contributed by atoms with Gasteiger partial charge >= 0.3 is 12.1 Å². The smallest absolute Gasteiger partial charge is 0.407 e. The van der Waals surface area contributed by atoms with Gasteiger partial charge in [-0.15, -0.1) is 11.8 Å². The number of carbonyl (C=O) groups excluding carboxylic acids is 1. The summed E-state index contributed by atoms with van der Waals surface area (Å²) in [7, 11) is 0. The van der Waals surface area contributed by atoms with E-state index in [1.807, 2.05) is 39.0 Å².